The first-order valence-electron chi connectivity index (χ1n) is 5.67. The van der Waals surface area contributed by atoms with E-state index in [2.05, 4.69) is 0 Å². The van der Waals surface area contributed by atoms with E-state index in [-0.39, 0.29) is 12.8 Å². The summed E-state index contributed by atoms with van der Waals surface area (Å²) in [5.74, 6) is -2.31. The average molecular weight is 326 g/mol. The molecule has 0 unspecified atom stereocenters. The molecule has 1 amide bonds. The summed E-state index contributed by atoms with van der Waals surface area (Å²) in [5.41, 5.74) is -2.87. The molecule has 2 rings (SSSR count). The zero-order chi connectivity index (χ0) is 16.1. The van der Waals surface area contributed by atoms with Gasteiger partial charge in [0.15, 0.2) is 0 Å². The lowest BCUT2D eigenvalue weighted by atomic mass is 10.1. The van der Waals surface area contributed by atoms with E-state index in [9.17, 15) is 30.8 Å². The number of hydrogen-bond acceptors (Lipinski definition) is 3. The van der Waals surface area contributed by atoms with Crippen molar-refractivity contribution in [3.8, 4) is 0 Å². The van der Waals surface area contributed by atoms with Gasteiger partial charge in [-0.15, -0.1) is 0 Å². The summed E-state index contributed by atoms with van der Waals surface area (Å²) in [6.07, 6.45) is -5.18. The molecule has 1 aliphatic rings. The summed E-state index contributed by atoms with van der Waals surface area (Å²) in [4.78, 5) is 11.1. The van der Waals surface area contributed by atoms with Crippen LogP contribution < -0.4 is 10.5 Å². The molecule has 1 aliphatic carbocycles. The van der Waals surface area contributed by atoms with Crippen LogP contribution in [0.5, 0.6) is 0 Å². The van der Waals surface area contributed by atoms with E-state index in [0.29, 0.717) is 12.1 Å². The summed E-state index contributed by atoms with van der Waals surface area (Å²) < 4.78 is 73.7. The van der Waals surface area contributed by atoms with Crippen LogP contribution in [0, 0.1) is 5.82 Å². The standard InChI is InChI=1S/C11H10F4N2O3S/c12-7-3-6(4-8(5-7)21(16,19)20)9(18)17-10(1-2-10)11(13,14)15/h3-5H,1-2H2,(H,17,18)(H2,16,19,20). The zero-order valence-electron chi connectivity index (χ0n) is 10.4. The van der Waals surface area contributed by atoms with Crippen molar-refractivity contribution in [1.29, 1.82) is 0 Å². The Labute approximate surface area is 117 Å². The number of sulfonamides is 1. The number of alkyl halides is 3. The van der Waals surface area contributed by atoms with Crippen LogP contribution in [0.3, 0.4) is 0 Å². The number of rotatable bonds is 3. The molecular weight excluding hydrogens is 316 g/mol. The number of carbonyl (C=O) groups excluding carboxylic acids is 1. The third kappa shape index (κ3) is 3.16. The maximum atomic E-state index is 13.3. The topological polar surface area (TPSA) is 89.3 Å². The second-order valence-electron chi connectivity index (χ2n) is 4.75. The number of nitrogens with two attached hydrogens (primary N) is 1. The van der Waals surface area contributed by atoms with Gasteiger partial charge in [0.2, 0.25) is 10.0 Å². The van der Waals surface area contributed by atoms with Crippen molar-refractivity contribution in [3.63, 3.8) is 0 Å². The highest BCUT2D eigenvalue weighted by Crippen LogP contribution is 2.49. The second-order valence-corrected chi connectivity index (χ2v) is 6.32. The summed E-state index contributed by atoms with van der Waals surface area (Å²) in [5, 5.41) is 6.56. The highest BCUT2D eigenvalue weighted by molar-refractivity contribution is 7.89. The summed E-state index contributed by atoms with van der Waals surface area (Å²) in [6, 6.07) is 1.93. The van der Waals surface area contributed by atoms with Gasteiger partial charge in [-0.25, -0.2) is 17.9 Å². The maximum absolute atomic E-state index is 13.3. The number of amides is 1. The molecule has 1 aromatic carbocycles. The second kappa shape index (κ2) is 4.67. The molecule has 1 aromatic rings. The number of primary sulfonamides is 1. The van der Waals surface area contributed by atoms with Crippen LogP contribution in [-0.2, 0) is 10.0 Å². The first kappa shape index (κ1) is 15.7. The molecule has 0 saturated heterocycles. The molecule has 0 atom stereocenters. The number of nitrogens with one attached hydrogen (secondary N) is 1. The monoisotopic (exact) mass is 326 g/mol. The number of benzene rings is 1. The van der Waals surface area contributed by atoms with Gasteiger partial charge in [0.1, 0.15) is 11.4 Å². The first-order chi connectivity index (χ1) is 9.45. The maximum Gasteiger partial charge on any atom is 0.411 e. The molecule has 0 spiro atoms. The number of carbonyl (C=O) groups is 1. The Morgan fingerprint density at radius 1 is 1.24 bits per heavy atom. The molecule has 5 nitrogen and oxygen atoms in total. The fraction of sp³-hybridized carbons (Fsp3) is 0.364. The fourth-order valence-corrected chi connectivity index (χ4v) is 2.32. The van der Waals surface area contributed by atoms with Gasteiger partial charge in [0, 0.05) is 5.56 Å². The highest BCUT2D eigenvalue weighted by Gasteiger charge is 2.64. The van der Waals surface area contributed by atoms with E-state index < -0.39 is 43.9 Å². The molecule has 116 valence electrons. The van der Waals surface area contributed by atoms with Crippen molar-refractivity contribution < 1.29 is 30.8 Å². The van der Waals surface area contributed by atoms with Gasteiger partial charge >= 0.3 is 6.18 Å². The van der Waals surface area contributed by atoms with Crippen molar-refractivity contribution in [3.05, 3.63) is 29.6 Å². The smallest absolute Gasteiger partial charge is 0.338 e. The van der Waals surface area contributed by atoms with Crippen LogP contribution in [-0.4, -0.2) is 26.0 Å². The van der Waals surface area contributed by atoms with Crippen LogP contribution in [0.4, 0.5) is 17.6 Å². The van der Waals surface area contributed by atoms with Crippen LogP contribution >= 0.6 is 0 Å². The van der Waals surface area contributed by atoms with Crippen LogP contribution in [0.15, 0.2) is 23.1 Å². The Balaban J connectivity index is 2.31. The predicted octanol–water partition coefficient (Wildman–Crippen LogP) is 1.30. The molecular formula is C11H10F4N2O3S. The van der Waals surface area contributed by atoms with Gasteiger partial charge in [0.05, 0.1) is 4.90 Å². The first-order valence-corrected chi connectivity index (χ1v) is 7.22. The van der Waals surface area contributed by atoms with E-state index in [4.69, 9.17) is 5.14 Å². The molecule has 0 aromatic heterocycles. The van der Waals surface area contributed by atoms with E-state index in [1.165, 1.54) is 0 Å². The molecule has 3 N–H and O–H groups in total. The molecule has 1 saturated carbocycles. The quantitative estimate of drug-likeness (QED) is 0.821. The summed E-state index contributed by atoms with van der Waals surface area (Å²) in [6.45, 7) is 0. The number of hydrogen-bond donors (Lipinski definition) is 2. The Bertz CT molecular complexity index is 696. The lowest BCUT2D eigenvalue weighted by Crippen LogP contribution is -2.47. The third-order valence-corrected chi connectivity index (χ3v) is 4.00. The Hall–Kier alpha value is -1.68. The highest BCUT2D eigenvalue weighted by atomic mass is 32.2. The predicted molar refractivity (Wildman–Crippen MR) is 63.3 cm³/mol. The van der Waals surface area contributed by atoms with E-state index >= 15 is 0 Å². The fourth-order valence-electron chi connectivity index (χ4n) is 1.75. The van der Waals surface area contributed by atoms with Crippen LogP contribution in [0.2, 0.25) is 0 Å². The lowest BCUT2D eigenvalue weighted by molar-refractivity contribution is -0.163. The minimum Gasteiger partial charge on any atom is -0.338 e. The lowest BCUT2D eigenvalue weighted by Gasteiger charge is -2.20. The van der Waals surface area contributed by atoms with Gasteiger partial charge in [-0.05, 0) is 31.0 Å². The summed E-state index contributed by atoms with van der Waals surface area (Å²) >= 11 is 0. The SMILES string of the molecule is NS(=O)(=O)c1cc(F)cc(C(=O)NC2(C(F)(F)F)CC2)c1. The molecule has 0 radical (unpaired) electrons. The average Bonchev–Trinajstić information content (AvgIpc) is 3.07. The molecule has 0 heterocycles. The van der Waals surface area contributed by atoms with Crippen LogP contribution in [0.1, 0.15) is 23.2 Å². The van der Waals surface area contributed by atoms with Crippen molar-refractivity contribution in [2.24, 2.45) is 5.14 Å². The van der Waals surface area contributed by atoms with Crippen LogP contribution in [0.25, 0.3) is 0 Å². The van der Waals surface area contributed by atoms with Crippen molar-refractivity contribution in [1.82, 2.24) is 5.32 Å². The zero-order valence-corrected chi connectivity index (χ0v) is 11.2. The van der Waals surface area contributed by atoms with E-state index in [1.54, 1.807) is 5.32 Å². The number of halogens is 4. The molecule has 0 aliphatic heterocycles. The van der Waals surface area contributed by atoms with E-state index in [0.717, 1.165) is 6.07 Å². The normalized spacial score (nSPS) is 17.4. The van der Waals surface area contributed by atoms with Gasteiger partial charge < -0.3 is 5.32 Å². The van der Waals surface area contributed by atoms with Crippen molar-refractivity contribution >= 4 is 15.9 Å². The molecule has 0 bridgehead atoms. The van der Waals surface area contributed by atoms with Gasteiger partial charge in [0.25, 0.3) is 5.91 Å². The Morgan fingerprint density at radius 2 is 1.81 bits per heavy atom. The summed E-state index contributed by atoms with van der Waals surface area (Å²) in [7, 11) is -4.28. The van der Waals surface area contributed by atoms with Gasteiger partial charge in [-0.3, -0.25) is 4.79 Å². The Morgan fingerprint density at radius 3 is 2.24 bits per heavy atom. The van der Waals surface area contributed by atoms with Crippen molar-refractivity contribution in [2.75, 3.05) is 0 Å². The van der Waals surface area contributed by atoms with Gasteiger partial charge in [-0.2, -0.15) is 13.2 Å². The van der Waals surface area contributed by atoms with Gasteiger partial charge in [-0.1, -0.05) is 0 Å². The van der Waals surface area contributed by atoms with E-state index in [1.807, 2.05) is 0 Å². The van der Waals surface area contributed by atoms with Crippen molar-refractivity contribution in [2.45, 2.75) is 29.5 Å². The molecule has 1 fully saturated rings. The third-order valence-electron chi connectivity index (χ3n) is 3.11. The largest absolute Gasteiger partial charge is 0.411 e. The minimum atomic E-state index is -4.63. The minimum absolute atomic E-state index is 0.278. The Kier molecular flexibility index (Phi) is 3.49. The molecule has 21 heavy (non-hydrogen) atoms. The molecule has 10 heteroatoms.